The third kappa shape index (κ3) is 4.84. The summed E-state index contributed by atoms with van der Waals surface area (Å²) in [6.07, 6.45) is 1.41. The van der Waals surface area contributed by atoms with Gasteiger partial charge in [-0.05, 0) is 48.5 Å². The van der Waals surface area contributed by atoms with E-state index in [0.717, 1.165) is 5.69 Å². The molecule has 4 rings (SSSR count). The predicted octanol–water partition coefficient (Wildman–Crippen LogP) is 5.29. The standard InChI is InChI=1S/C24H19FN4O2/c1-31-22-8-3-2-7-20(22)29-24(30)16-9-11-19(12-10-16)28-23-14-21(26-15-27-23)17-5-4-6-18(25)13-17/h2-15H,1H3,(H,29,30)(H,26,27,28). The van der Waals surface area contributed by atoms with Gasteiger partial charge in [0.1, 0.15) is 23.7 Å². The van der Waals surface area contributed by atoms with Crippen molar-refractivity contribution in [1.82, 2.24) is 9.97 Å². The van der Waals surface area contributed by atoms with Crippen LogP contribution in [0.3, 0.4) is 0 Å². The summed E-state index contributed by atoms with van der Waals surface area (Å²) in [4.78, 5) is 21.0. The summed E-state index contributed by atoms with van der Waals surface area (Å²) in [5, 5.41) is 6.01. The maximum atomic E-state index is 13.5. The lowest BCUT2D eigenvalue weighted by Crippen LogP contribution is -2.12. The zero-order chi connectivity index (χ0) is 21.6. The van der Waals surface area contributed by atoms with E-state index in [1.165, 1.54) is 18.5 Å². The quantitative estimate of drug-likeness (QED) is 0.449. The summed E-state index contributed by atoms with van der Waals surface area (Å²) in [6.45, 7) is 0. The van der Waals surface area contributed by atoms with E-state index in [1.54, 1.807) is 61.7 Å². The zero-order valence-corrected chi connectivity index (χ0v) is 16.7. The average molecular weight is 414 g/mol. The third-order valence-electron chi connectivity index (χ3n) is 4.56. The van der Waals surface area contributed by atoms with Crippen LogP contribution in [0.25, 0.3) is 11.3 Å². The van der Waals surface area contributed by atoms with Crippen LogP contribution in [-0.4, -0.2) is 23.0 Å². The molecular weight excluding hydrogens is 395 g/mol. The van der Waals surface area contributed by atoms with Crippen molar-refractivity contribution in [3.8, 4) is 17.0 Å². The molecule has 6 nitrogen and oxygen atoms in total. The van der Waals surface area contributed by atoms with Gasteiger partial charge in [0, 0.05) is 22.9 Å². The maximum Gasteiger partial charge on any atom is 0.255 e. The van der Waals surface area contributed by atoms with E-state index in [2.05, 4.69) is 20.6 Å². The highest BCUT2D eigenvalue weighted by Gasteiger charge is 2.10. The Morgan fingerprint density at radius 1 is 0.935 bits per heavy atom. The molecule has 0 saturated heterocycles. The van der Waals surface area contributed by atoms with Crippen molar-refractivity contribution in [1.29, 1.82) is 0 Å². The topological polar surface area (TPSA) is 76.1 Å². The fraction of sp³-hybridized carbons (Fsp3) is 0.0417. The maximum absolute atomic E-state index is 13.5. The first-order valence-corrected chi connectivity index (χ1v) is 9.52. The van der Waals surface area contributed by atoms with Crippen molar-refractivity contribution in [3.63, 3.8) is 0 Å². The van der Waals surface area contributed by atoms with Crippen LogP contribution in [0.5, 0.6) is 5.75 Å². The zero-order valence-electron chi connectivity index (χ0n) is 16.7. The average Bonchev–Trinajstić information content (AvgIpc) is 2.80. The Labute approximate surface area is 178 Å². The van der Waals surface area contributed by atoms with Crippen LogP contribution in [0.2, 0.25) is 0 Å². The minimum atomic E-state index is -0.326. The van der Waals surface area contributed by atoms with Gasteiger partial charge in [0.2, 0.25) is 0 Å². The van der Waals surface area contributed by atoms with Gasteiger partial charge < -0.3 is 15.4 Å². The Bertz CT molecular complexity index is 1210. The SMILES string of the molecule is COc1ccccc1NC(=O)c1ccc(Nc2cc(-c3cccc(F)c3)ncn2)cc1. The van der Waals surface area contributed by atoms with Crippen LogP contribution in [-0.2, 0) is 0 Å². The Balaban J connectivity index is 1.46. The number of nitrogens with zero attached hydrogens (tertiary/aromatic N) is 2. The molecule has 0 saturated carbocycles. The number of aromatic nitrogens is 2. The van der Waals surface area contributed by atoms with Crippen molar-refractivity contribution < 1.29 is 13.9 Å². The van der Waals surface area contributed by atoms with E-state index in [4.69, 9.17) is 4.74 Å². The van der Waals surface area contributed by atoms with Crippen LogP contribution in [0, 0.1) is 5.82 Å². The minimum Gasteiger partial charge on any atom is -0.495 e. The molecule has 1 aromatic heterocycles. The first-order valence-electron chi connectivity index (χ1n) is 9.52. The van der Waals surface area contributed by atoms with Gasteiger partial charge in [0.25, 0.3) is 5.91 Å². The Morgan fingerprint density at radius 3 is 2.52 bits per heavy atom. The number of hydrogen-bond acceptors (Lipinski definition) is 5. The molecule has 154 valence electrons. The summed E-state index contributed by atoms with van der Waals surface area (Å²) in [5.74, 6) is 0.576. The largest absolute Gasteiger partial charge is 0.495 e. The Hall–Kier alpha value is -4.26. The molecule has 2 N–H and O–H groups in total. The third-order valence-corrected chi connectivity index (χ3v) is 4.56. The summed E-state index contributed by atoms with van der Waals surface area (Å²) in [7, 11) is 1.55. The molecule has 0 atom stereocenters. The molecule has 0 aliphatic heterocycles. The molecule has 1 amide bonds. The van der Waals surface area contributed by atoms with E-state index in [9.17, 15) is 9.18 Å². The fourth-order valence-corrected chi connectivity index (χ4v) is 3.03. The monoisotopic (exact) mass is 414 g/mol. The minimum absolute atomic E-state index is 0.244. The first kappa shape index (κ1) is 20.0. The van der Waals surface area contributed by atoms with E-state index in [-0.39, 0.29) is 11.7 Å². The first-order chi connectivity index (χ1) is 15.1. The number of halogens is 1. The number of carbonyl (C=O) groups is 1. The number of anilines is 3. The van der Waals surface area contributed by atoms with Gasteiger partial charge in [-0.3, -0.25) is 4.79 Å². The van der Waals surface area contributed by atoms with Gasteiger partial charge in [0.05, 0.1) is 18.5 Å². The molecule has 0 aliphatic carbocycles. The Kier molecular flexibility index (Phi) is 5.84. The molecule has 0 radical (unpaired) electrons. The number of ether oxygens (including phenoxy) is 1. The fourth-order valence-electron chi connectivity index (χ4n) is 3.03. The van der Waals surface area contributed by atoms with Crippen LogP contribution < -0.4 is 15.4 Å². The number of methoxy groups -OCH3 is 1. The van der Waals surface area contributed by atoms with Crippen molar-refractivity contribution >= 4 is 23.1 Å². The summed E-state index contributed by atoms with van der Waals surface area (Å²) in [6, 6.07) is 22.1. The normalized spacial score (nSPS) is 10.4. The number of rotatable bonds is 6. The lowest BCUT2D eigenvalue weighted by atomic mass is 10.1. The number of para-hydroxylation sites is 2. The van der Waals surface area contributed by atoms with Gasteiger partial charge in [0.15, 0.2) is 0 Å². The van der Waals surface area contributed by atoms with Gasteiger partial charge in [-0.15, -0.1) is 0 Å². The highest BCUT2D eigenvalue weighted by atomic mass is 19.1. The highest BCUT2D eigenvalue weighted by molar-refractivity contribution is 6.05. The van der Waals surface area contributed by atoms with Crippen molar-refractivity contribution in [2.75, 3.05) is 17.7 Å². The molecule has 4 aromatic rings. The van der Waals surface area contributed by atoms with Crippen LogP contribution in [0.15, 0.2) is 85.2 Å². The van der Waals surface area contributed by atoms with E-state index in [1.807, 2.05) is 12.1 Å². The van der Waals surface area contributed by atoms with Crippen LogP contribution in [0.4, 0.5) is 21.6 Å². The molecular formula is C24H19FN4O2. The Morgan fingerprint density at radius 2 is 1.74 bits per heavy atom. The van der Waals surface area contributed by atoms with Crippen molar-refractivity contribution in [3.05, 3.63) is 96.6 Å². The molecule has 7 heteroatoms. The molecule has 0 aliphatic rings. The highest BCUT2D eigenvalue weighted by Crippen LogP contribution is 2.25. The van der Waals surface area contributed by atoms with Crippen LogP contribution >= 0.6 is 0 Å². The van der Waals surface area contributed by atoms with Gasteiger partial charge in [-0.25, -0.2) is 14.4 Å². The molecule has 1 heterocycles. The lowest BCUT2D eigenvalue weighted by Gasteiger charge is -2.11. The predicted molar refractivity (Wildman–Crippen MR) is 118 cm³/mol. The molecule has 0 spiro atoms. The van der Waals surface area contributed by atoms with E-state index < -0.39 is 0 Å². The van der Waals surface area contributed by atoms with Gasteiger partial charge in [-0.2, -0.15) is 0 Å². The van der Waals surface area contributed by atoms with Gasteiger partial charge >= 0.3 is 0 Å². The number of nitrogens with one attached hydrogen (secondary N) is 2. The second-order valence-electron chi connectivity index (χ2n) is 6.66. The molecule has 3 aromatic carbocycles. The van der Waals surface area contributed by atoms with E-state index in [0.29, 0.717) is 34.1 Å². The molecule has 0 fully saturated rings. The number of amides is 1. The summed E-state index contributed by atoms with van der Waals surface area (Å²) in [5.41, 5.74) is 3.11. The molecule has 0 unspecified atom stereocenters. The second-order valence-corrected chi connectivity index (χ2v) is 6.66. The van der Waals surface area contributed by atoms with Gasteiger partial charge in [-0.1, -0.05) is 24.3 Å². The summed E-state index contributed by atoms with van der Waals surface area (Å²) >= 11 is 0. The number of benzene rings is 3. The van der Waals surface area contributed by atoms with Crippen LogP contribution in [0.1, 0.15) is 10.4 Å². The number of hydrogen-bond donors (Lipinski definition) is 2. The van der Waals surface area contributed by atoms with E-state index >= 15 is 0 Å². The molecule has 0 bridgehead atoms. The van der Waals surface area contributed by atoms with Crippen molar-refractivity contribution in [2.45, 2.75) is 0 Å². The lowest BCUT2D eigenvalue weighted by molar-refractivity contribution is 0.102. The molecule has 31 heavy (non-hydrogen) atoms. The second kappa shape index (κ2) is 9.04. The number of carbonyl (C=O) groups excluding carboxylic acids is 1. The summed E-state index contributed by atoms with van der Waals surface area (Å²) < 4.78 is 18.7. The smallest absolute Gasteiger partial charge is 0.255 e. The van der Waals surface area contributed by atoms with Crippen molar-refractivity contribution in [2.24, 2.45) is 0 Å².